The van der Waals surface area contributed by atoms with Gasteiger partial charge in [0.2, 0.25) is 5.78 Å². The van der Waals surface area contributed by atoms with Gasteiger partial charge in [-0.15, -0.1) is 11.3 Å². The average Bonchev–Trinajstić information content (AvgIpc) is 3.55. The number of nitrogens with zero attached hydrogens (tertiary/aromatic N) is 7. The number of imidazole rings is 1. The summed E-state index contributed by atoms with van der Waals surface area (Å²) in [5.74, 6) is 7.93. The number of rotatable bonds is 4. The summed E-state index contributed by atoms with van der Waals surface area (Å²) in [7, 11) is 1.74. The van der Waals surface area contributed by atoms with Gasteiger partial charge in [-0.2, -0.15) is 4.98 Å². The first-order valence-electron chi connectivity index (χ1n) is 10.2. The standard InChI is InChI=1S/C20H22N8O2S/c1-24-20(29)26(8-7-25-6-4-15-13(11-25)5-10-31-15)19-23-18-17(28(19)24)16(22-12-27(18)21)14-3-2-9-30-14/h2-3,5,9-10H,4,6-8,11-12,21H2,1H3. The third-order valence-corrected chi connectivity index (χ3v) is 7.05. The maximum absolute atomic E-state index is 13.1. The lowest BCUT2D eigenvalue weighted by Gasteiger charge is -2.26. The van der Waals surface area contributed by atoms with Crippen LogP contribution in [0, 0.1) is 0 Å². The first-order valence-corrected chi connectivity index (χ1v) is 11.1. The third kappa shape index (κ3) is 2.81. The fourth-order valence-corrected chi connectivity index (χ4v) is 5.32. The molecule has 0 spiro atoms. The van der Waals surface area contributed by atoms with Crippen molar-refractivity contribution in [3.05, 3.63) is 62.2 Å². The second-order valence-corrected chi connectivity index (χ2v) is 8.84. The summed E-state index contributed by atoms with van der Waals surface area (Å²) in [6.07, 6.45) is 2.67. The van der Waals surface area contributed by atoms with Crippen molar-refractivity contribution >= 4 is 28.6 Å². The zero-order valence-corrected chi connectivity index (χ0v) is 17.9. The quantitative estimate of drug-likeness (QED) is 0.478. The number of hydrogen-bond acceptors (Lipinski definition) is 8. The van der Waals surface area contributed by atoms with Gasteiger partial charge in [0.1, 0.15) is 18.1 Å². The molecule has 0 fully saturated rings. The topological polar surface area (TPSA) is 102 Å². The summed E-state index contributed by atoms with van der Waals surface area (Å²) in [6.45, 7) is 3.53. The van der Waals surface area contributed by atoms with Crippen LogP contribution in [0.1, 0.15) is 21.9 Å². The molecule has 0 saturated carbocycles. The molecule has 0 aliphatic carbocycles. The van der Waals surface area contributed by atoms with Crippen LogP contribution in [-0.4, -0.2) is 49.1 Å². The molecule has 0 unspecified atom stereocenters. The second kappa shape index (κ2) is 6.94. The summed E-state index contributed by atoms with van der Waals surface area (Å²) >= 11 is 1.83. The van der Waals surface area contributed by atoms with Gasteiger partial charge in [-0.1, -0.05) is 0 Å². The van der Waals surface area contributed by atoms with E-state index in [2.05, 4.69) is 21.3 Å². The molecule has 0 amide bonds. The maximum Gasteiger partial charge on any atom is 0.345 e. The number of hydrazine groups is 1. The molecular weight excluding hydrogens is 416 g/mol. The predicted molar refractivity (Wildman–Crippen MR) is 118 cm³/mol. The normalized spacial score (nSPS) is 16.6. The first kappa shape index (κ1) is 18.6. The highest BCUT2D eigenvalue weighted by Gasteiger charge is 2.31. The van der Waals surface area contributed by atoms with Gasteiger partial charge >= 0.3 is 5.69 Å². The lowest BCUT2D eigenvalue weighted by Crippen LogP contribution is -2.37. The molecule has 2 aliphatic rings. The molecule has 10 nitrogen and oxygen atoms in total. The highest BCUT2D eigenvalue weighted by molar-refractivity contribution is 7.10. The van der Waals surface area contributed by atoms with Crippen LogP contribution in [0.15, 0.2) is 44.0 Å². The highest BCUT2D eigenvalue weighted by atomic mass is 32.1. The van der Waals surface area contributed by atoms with E-state index >= 15 is 0 Å². The zero-order valence-electron chi connectivity index (χ0n) is 17.1. The maximum atomic E-state index is 13.1. The summed E-state index contributed by atoms with van der Waals surface area (Å²) in [6, 6.07) is 5.86. The number of aryl methyl sites for hydroxylation is 1. The Balaban J connectivity index is 1.38. The van der Waals surface area contributed by atoms with Crippen molar-refractivity contribution in [2.75, 3.05) is 24.8 Å². The van der Waals surface area contributed by atoms with Crippen molar-refractivity contribution < 1.29 is 4.42 Å². The van der Waals surface area contributed by atoms with E-state index in [9.17, 15) is 4.79 Å². The van der Waals surface area contributed by atoms with Gasteiger partial charge < -0.3 is 4.42 Å². The van der Waals surface area contributed by atoms with Gasteiger partial charge in [0, 0.05) is 38.1 Å². The smallest absolute Gasteiger partial charge is 0.345 e. The fourth-order valence-electron chi connectivity index (χ4n) is 4.43. The minimum absolute atomic E-state index is 0.119. The second-order valence-electron chi connectivity index (χ2n) is 7.84. The van der Waals surface area contributed by atoms with Crippen molar-refractivity contribution in [3.8, 4) is 0 Å². The number of nitrogens with two attached hydrogens (primary N) is 1. The lowest BCUT2D eigenvalue weighted by molar-refractivity contribution is 0.245. The molecule has 160 valence electrons. The van der Waals surface area contributed by atoms with Crippen LogP contribution in [0.5, 0.6) is 0 Å². The van der Waals surface area contributed by atoms with E-state index in [0.717, 1.165) is 26.1 Å². The molecule has 4 aromatic rings. The number of fused-ring (bicyclic) bond motifs is 4. The third-order valence-electron chi connectivity index (χ3n) is 6.03. The van der Waals surface area contributed by atoms with Crippen LogP contribution in [0.4, 0.5) is 5.82 Å². The molecule has 0 saturated heterocycles. The van der Waals surface area contributed by atoms with Gasteiger partial charge in [0.25, 0.3) is 0 Å². The summed E-state index contributed by atoms with van der Waals surface area (Å²) in [4.78, 5) is 26.2. The van der Waals surface area contributed by atoms with Gasteiger partial charge in [-0.05, 0) is 35.6 Å². The van der Waals surface area contributed by atoms with Crippen LogP contribution in [0.3, 0.4) is 0 Å². The monoisotopic (exact) mass is 438 g/mol. The molecule has 2 N–H and O–H groups in total. The van der Waals surface area contributed by atoms with E-state index in [1.165, 1.54) is 15.4 Å². The number of aromatic nitrogens is 4. The molecule has 0 bridgehead atoms. The number of anilines is 1. The highest BCUT2D eigenvalue weighted by Crippen LogP contribution is 2.27. The minimum Gasteiger partial charge on any atom is -0.463 e. The van der Waals surface area contributed by atoms with Crippen LogP contribution in [0.25, 0.3) is 5.78 Å². The van der Waals surface area contributed by atoms with E-state index in [-0.39, 0.29) is 12.4 Å². The predicted octanol–water partition coefficient (Wildman–Crippen LogP) is 1.04. The Morgan fingerprint density at radius 2 is 2.19 bits per heavy atom. The molecular formula is C20H22N8O2S. The summed E-state index contributed by atoms with van der Waals surface area (Å²) < 4.78 is 10.6. The van der Waals surface area contributed by atoms with Gasteiger partial charge in [0.05, 0.1) is 6.26 Å². The Labute approximate surface area is 181 Å². The lowest BCUT2D eigenvalue weighted by atomic mass is 10.1. The molecule has 6 heterocycles. The Kier molecular flexibility index (Phi) is 4.16. The number of furan rings is 1. The Bertz CT molecular complexity index is 1360. The Morgan fingerprint density at radius 3 is 3.03 bits per heavy atom. The Hall–Kier alpha value is -3.15. The van der Waals surface area contributed by atoms with Crippen molar-refractivity contribution in [2.24, 2.45) is 17.9 Å². The van der Waals surface area contributed by atoms with Crippen LogP contribution in [0.2, 0.25) is 0 Å². The van der Waals surface area contributed by atoms with E-state index in [4.69, 9.17) is 15.2 Å². The first-order chi connectivity index (χ1) is 15.1. The average molecular weight is 439 g/mol. The van der Waals surface area contributed by atoms with E-state index in [0.29, 0.717) is 35.3 Å². The van der Waals surface area contributed by atoms with Crippen LogP contribution < -0.4 is 16.5 Å². The number of aliphatic imine (C=N–C) groups is 1. The number of hydrogen-bond donors (Lipinski definition) is 1. The van der Waals surface area contributed by atoms with Crippen LogP contribution in [-0.2, 0) is 26.6 Å². The molecule has 0 radical (unpaired) electrons. The SMILES string of the molecule is Cn1c(=O)n(CCN2CCc3sccc3C2)c2nc3c(n21)C(c1ccco1)=NCN3N. The van der Waals surface area contributed by atoms with E-state index in [1.807, 2.05) is 23.5 Å². The van der Waals surface area contributed by atoms with E-state index < -0.39 is 0 Å². The minimum atomic E-state index is -0.119. The largest absolute Gasteiger partial charge is 0.463 e. The van der Waals surface area contributed by atoms with Gasteiger partial charge in [0.15, 0.2) is 11.6 Å². The molecule has 0 aromatic carbocycles. The molecule has 2 aliphatic heterocycles. The molecule has 11 heteroatoms. The molecule has 4 aromatic heterocycles. The van der Waals surface area contributed by atoms with Crippen molar-refractivity contribution in [3.63, 3.8) is 0 Å². The van der Waals surface area contributed by atoms with Gasteiger partial charge in [-0.25, -0.2) is 19.8 Å². The summed E-state index contributed by atoms with van der Waals surface area (Å²) in [5, 5.41) is 3.65. The van der Waals surface area contributed by atoms with Crippen molar-refractivity contribution in [1.29, 1.82) is 0 Å². The van der Waals surface area contributed by atoms with Gasteiger partial charge in [-0.3, -0.25) is 19.5 Å². The molecule has 0 atom stereocenters. The van der Waals surface area contributed by atoms with E-state index in [1.54, 1.807) is 27.1 Å². The van der Waals surface area contributed by atoms with Crippen molar-refractivity contribution in [1.82, 2.24) is 23.6 Å². The zero-order chi connectivity index (χ0) is 21.1. The summed E-state index contributed by atoms with van der Waals surface area (Å²) in [5.41, 5.74) is 2.59. The Morgan fingerprint density at radius 1 is 1.29 bits per heavy atom. The fraction of sp³-hybridized carbons (Fsp3) is 0.350. The molecule has 31 heavy (non-hydrogen) atoms. The van der Waals surface area contributed by atoms with Crippen molar-refractivity contribution in [2.45, 2.75) is 19.5 Å². The number of thiophene rings is 1. The molecule has 6 rings (SSSR count). The van der Waals surface area contributed by atoms with Crippen LogP contribution >= 0.6 is 11.3 Å².